The van der Waals surface area contributed by atoms with Crippen LogP contribution in [0.15, 0.2) is 227 Å². The van der Waals surface area contributed by atoms with E-state index < -0.39 is 14.0 Å². The summed E-state index contributed by atoms with van der Waals surface area (Å²) in [6, 6.07) is 74.7. The zero-order valence-corrected chi connectivity index (χ0v) is 54.9. The zero-order valence-electron chi connectivity index (χ0n) is 51.7. The number of hydrogen-bond donors (Lipinski definition) is 0. The molecule has 2 aromatic heterocycles. The van der Waals surface area contributed by atoms with Gasteiger partial charge in [0.15, 0.2) is 0 Å². The van der Waals surface area contributed by atoms with Gasteiger partial charge < -0.3 is 37.1 Å². The second-order valence-corrected chi connectivity index (χ2v) is 27.4. The van der Waals surface area contributed by atoms with Crippen molar-refractivity contribution in [2.75, 3.05) is 0 Å². The normalized spacial score (nSPS) is 17.6. The van der Waals surface area contributed by atoms with Crippen molar-refractivity contribution >= 4 is 102 Å². The lowest BCUT2D eigenvalue weighted by Crippen LogP contribution is -2.41. The lowest BCUT2D eigenvalue weighted by molar-refractivity contribution is 0.00578. The maximum atomic E-state index is 12.1. The van der Waals surface area contributed by atoms with Crippen molar-refractivity contribution in [1.29, 1.82) is 0 Å². The van der Waals surface area contributed by atoms with E-state index in [0.717, 1.165) is 26.5 Å². The van der Waals surface area contributed by atoms with Crippen LogP contribution in [-0.4, -0.2) is 63.9 Å². The van der Waals surface area contributed by atoms with Crippen molar-refractivity contribution in [1.82, 2.24) is 9.13 Å². The molecule has 0 spiro atoms. The summed E-state index contributed by atoms with van der Waals surface area (Å²) in [7, 11) is -1.29. The fraction of sp³-hybridized carbons (Fsp3) is 0.270. The minimum absolute atomic E-state index is 0. The Morgan fingerprint density at radius 2 is 0.614 bits per heavy atom. The van der Waals surface area contributed by atoms with E-state index in [0.29, 0.717) is 0 Å². The van der Waals surface area contributed by atoms with E-state index in [9.17, 15) is 4.39 Å². The van der Waals surface area contributed by atoms with Gasteiger partial charge in [-0.15, -0.1) is 0 Å². The molecule has 8 nitrogen and oxygen atoms in total. The number of fused-ring (bicyclic) bond motifs is 9. The predicted molar refractivity (Wildman–Crippen MR) is 373 cm³/mol. The van der Waals surface area contributed by atoms with Crippen LogP contribution in [0.2, 0.25) is 0 Å². The molecule has 3 aliphatic heterocycles. The molecule has 3 fully saturated rings. The van der Waals surface area contributed by atoms with Gasteiger partial charge in [-0.1, -0.05) is 173 Å². The average molecular weight is 1300 g/mol. The molecule has 3 saturated heterocycles. The van der Waals surface area contributed by atoms with E-state index in [2.05, 4.69) is 263 Å². The third kappa shape index (κ3) is 12.9. The molecule has 4 aliphatic rings. The molecule has 450 valence electrons. The van der Waals surface area contributed by atoms with Crippen molar-refractivity contribution in [2.24, 2.45) is 0 Å². The van der Waals surface area contributed by atoms with Crippen LogP contribution < -0.4 is 5.46 Å². The van der Waals surface area contributed by atoms with Crippen LogP contribution in [0.4, 0.5) is 4.39 Å². The number of aromatic nitrogens is 2. The summed E-state index contributed by atoms with van der Waals surface area (Å²) < 4.78 is 54.9. The molecule has 0 amide bonds. The van der Waals surface area contributed by atoms with Gasteiger partial charge in [0.2, 0.25) is 0 Å². The summed E-state index contributed by atoms with van der Waals surface area (Å²) >= 11 is 6.68. The minimum Gasteiger partial charge on any atom is -0.405 e. The number of hydrogen-bond acceptors (Lipinski definition) is 6. The lowest BCUT2D eigenvalue weighted by atomic mass is 9.49. The average Bonchev–Trinajstić information content (AvgIpc) is 2.40. The van der Waals surface area contributed by atoms with Gasteiger partial charge in [-0.3, -0.25) is 0 Å². The zero-order chi connectivity index (χ0) is 61.7. The SMILES string of the molecule is Brc1ccc(-n2c3ccccc3c3ccccc32)cc1.C.CC1(C)OB(B2OC(C)(C)C(C)(C)O2)OC1(C)C.CC1(C)OB(c2ccc(-n3c4ccccc4c4ccccc43)cc2)OC1(C)C.Fc1ccc(Br)cc1.c1ccc2c(c1)Cc1ccccc1-2. The Labute approximate surface area is 537 Å². The molecule has 0 N–H and O–H groups in total. The van der Waals surface area contributed by atoms with E-state index in [1.807, 2.05) is 55.4 Å². The summed E-state index contributed by atoms with van der Waals surface area (Å²) in [6.45, 7) is 24.5. The molecule has 0 atom stereocenters. The molecule has 0 bridgehead atoms. The van der Waals surface area contributed by atoms with E-state index in [4.69, 9.17) is 27.9 Å². The smallest absolute Gasteiger partial charge is 0.405 e. The second-order valence-electron chi connectivity index (χ2n) is 25.6. The predicted octanol–water partition coefficient (Wildman–Crippen LogP) is 19.4. The van der Waals surface area contributed by atoms with Crippen LogP contribution in [0.5, 0.6) is 0 Å². The molecule has 9 aromatic carbocycles. The first kappa shape index (κ1) is 64.4. The van der Waals surface area contributed by atoms with Crippen LogP contribution in [-0.2, 0) is 34.3 Å². The highest BCUT2D eigenvalue weighted by atomic mass is 79.9. The van der Waals surface area contributed by atoms with Gasteiger partial charge in [-0.25, -0.2) is 4.39 Å². The minimum atomic E-state index is -0.476. The number of halogens is 3. The van der Waals surface area contributed by atoms with Crippen LogP contribution in [0.3, 0.4) is 0 Å². The van der Waals surface area contributed by atoms with Crippen molar-refractivity contribution in [3.05, 3.63) is 244 Å². The van der Waals surface area contributed by atoms with Gasteiger partial charge in [-0.05, 0) is 202 Å². The maximum Gasteiger partial charge on any atom is 0.494 e. The fourth-order valence-electron chi connectivity index (χ4n) is 11.3. The summed E-state index contributed by atoms with van der Waals surface area (Å²) in [5.74, 6) is -0.201. The van der Waals surface area contributed by atoms with Crippen LogP contribution in [0.1, 0.15) is 102 Å². The Bertz CT molecular complexity index is 3990. The molecule has 0 unspecified atom stereocenters. The van der Waals surface area contributed by atoms with Gasteiger partial charge in [-0.2, -0.15) is 0 Å². The topological polar surface area (TPSA) is 65.2 Å². The first-order chi connectivity index (χ1) is 41.3. The number of benzene rings is 9. The monoisotopic (exact) mass is 1300 g/mol. The highest BCUT2D eigenvalue weighted by molar-refractivity contribution is 9.10. The first-order valence-electron chi connectivity index (χ1n) is 29.8. The third-order valence-electron chi connectivity index (χ3n) is 18.2. The number of nitrogens with zero attached hydrogens (tertiary/aromatic N) is 2. The lowest BCUT2D eigenvalue weighted by Gasteiger charge is -2.32. The van der Waals surface area contributed by atoms with Gasteiger partial charge >= 0.3 is 21.1 Å². The Kier molecular flexibility index (Phi) is 18.6. The molecule has 11 aromatic rings. The number of para-hydroxylation sites is 4. The van der Waals surface area contributed by atoms with Crippen molar-refractivity contribution in [3.63, 3.8) is 0 Å². The standard InChI is InChI=1S/C24H24BNO2.C18H12BrN.C13H10.C12H24B2O4.C6H4BrF.CH4/c1-23(2)24(3,4)28-25(27-23)17-13-15-18(16-14-17)26-21-11-7-5-9-19(21)20-10-6-8-12-22(20)26;19-13-9-11-14(12-10-13)20-17-7-3-1-5-15(17)16-6-2-4-8-18(16)20;1-3-7-12-10(5-1)9-11-6-2-4-8-13(11)12;1-9(2)10(3,4)16-13(15-9)14-17-11(5,6)12(7,8)18-14;7-5-1-3-6(8)4-2-5;/h5-16H,1-4H3;1-12H;1-8H,9H2;1-8H3;1-4H;1H4. The molecule has 88 heavy (non-hydrogen) atoms. The molecular formula is C74H78B3Br2FN2O6. The molecule has 0 saturated carbocycles. The van der Waals surface area contributed by atoms with Gasteiger partial charge in [0, 0.05) is 41.9 Å². The quantitative estimate of drug-likeness (QED) is 0.164. The molecule has 1 aliphatic carbocycles. The maximum absolute atomic E-state index is 12.1. The third-order valence-corrected chi connectivity index (χ3v) is 19.3. The van der Waals surface area contributed by atoms with Crippen LogP contribution in [0, 0.1) is 5.82 Å². The van der Waals surface area contributed by atoms with E-state index in [1.54, 1.807) is 12.1 Å². The largest absolute Gasteiger partial charge is 0.494 e. The van der Waals surface area contributed by atoms with E-state index >= 15 is 0 Å². The van der Waals surface area contributed by atoms with Crippen LogP contribution >= 0.6 is 31.9 Å². The number of rotatable bonds is 4. The Morgan fingerprint density at radius 1 is 0.341 bits per heavy atom. The van der Waals surface area contributed by atoms with Gasteiger partial charge in [0.1, 0.15) is 5.82 Å². The summed E-state index contributed by atoms with van der Waals surface area (Å²) in [4.78, 5) is 0. The molecule has 0 radical (unpaired) electrons. The second kappa shape index (κ2) is 25.4. The molecule has 15 rings (SSSR count). The van der Waals surface area contributed by atoms with Crippen LogP contribution in [0.25, 0.3) is 66.1 Å². The summed E-state index contributed by atoms with van der Waals surface area (Å²) in [6.07, 6.45) is 1.10. The highest BCUT2D eigenvalue weighted by Crippen LogP contribution is 2.44. The van der Waals surface area contributed by atoms with Gasteiger partial charge in [0.25, 0.3) is 0 Å². The summed E-state index contributed by atoms with van der Waals surface area (Å²) in [5, 5.41) is 5.14. The van der Waals surface area contributed by atoms with E-state index in [-0.39, 0.29) is 54.0 Å². The summed E-state index contributed by atoms with van der Waals surface area (Å²) in [5.41, 5.74) is 11.9. The van der Waals surface area contributed by atoms with Crippen molar-refractivity contribution in [3.8, 4) is 22.5 Å². The fourth-order valence-corrected chi connectivity index (χ4v) is 11.8. The Hall–Kier alpha value is -6.58. The van der Waals surface area contributed by atoms with Crippen molar-refractivity contribution < 1.29 is 32.3 Å². The van der Waals surface area contributed by atoms with E-state index in [1.165, 1.54) is 83.7 Å². The highest BCUT2D eigenvalue weighted by Gasteiger charge is 2.64. The Balaban J connectivity index is 0.000000127. The van der Waals surface area contributed by atoms with Crippen molar-refractivity contribution in [2.45, 2.75) is 131 Å². The Morgan fingerprint density at radius 3 is 0.943 bits per heavy atom. The first-order valence-corrected chi connectivity index (χ1v) is 31.4. The van der Waals surface area contributed by atoms with Gasteiger partial charge in [0.05, 0.1) is 55.7 Å². The molecule has 5 heterocycles. The molecular weight excluding hydrogens is 1220 g/mol. The molecule has 14 heteroatoms.